The highest BCUT2D eigenvalue weighted by Gasteiger charge is 2.38. The van der Waals surface area contributed by atoms with E-state index >= 15 is 0 Å². The third-order valence-corrected chi connectivity index (χ3v) is 4.39. The van der Waals surface area contributed by atoms with Gasteiger partial charge in [-0.2, -0.15) is 5.26 Å². The van der Waals surface area contributed by atoms with Crippen molar-refractivity contribution in [2.45, 2.75) is 18.5 Å². The molecule has 1 N–H and O–H groups in total. The van der Waals surface area contributed by atoms with Gasteiger partial charge in [-0.15, -0.1) is 0 Å². The molecule has 2 atom stereocenters. The van der Waals surface area contributed by atoms with E-state index in [0.29, 0.717) is 12.1 Å². The third-order valence-electron chi connectivity index (χ3n) is 4.39. The average molecular weight is 249 g/mol. The molecule has 2 aliphatic heterocycles. The van der Waals surface area contributed by atoms with E-state index in [-0.39, 0.29) is 0 Å². The van der Waals surface area contributed by atoms with Gasteiger partial charge in [-0.3, -0.25) is 0 Å². The van der Waals surface area contributed by atoms with E-state index in [0.717, 1.165) is 24.0 Å². The Morgan fingerprint density at radius 3 is 2.68 bits per heavy atom. The van der Waals surface area contributed by atoms with Gasteiger partial charge in [0.15, 0.2) is 0 Å². The van der Waals surface area contributed by atoms with Crippen LogP contribution in [0.25, 0.3) is 10.8 Å². The van der Waals surface area contributed by atoms with E-state index < -0.39 is 0 Å². The van der Waals surface area contributed by atoms with Crippen molar-refractivity contribution >= 4 is 16.5 Å². The van der Waals surface area contributed by atoms with Crippen molar-refractivity contribution in [2.24, 2.45) is 0 Å². The highest BCUT2D eigenvalue weighted by Crippen LogP contribution is 2.35. The standard InChI is InChI=1S/C16H15N3/c17-8-11-5-6-16(15-4-2-1-3-14(11)15)19-10-12-7-13(19)9-18-12/h1-6,12-13,18H,7,9-10H2/t12-,13-/m0/s1. The maximum absolute atomic E-state index is 9.22. The number of fused-ring (bicyclic) bond motifs is 3. The average Bonchev–Trinajstić information content (AvgIpc) is 3.08. The summed E-state index contributed by atoms with van der Waals surface area (Å²) in [5.74, 6) is 0. The van der Waals surface area contributed by atoms with Gasteiger partial charge in [0.2, 0.25) is 0 Å². The van der Waals surface area contributed by atoms with Crippen LogP contribution in [-0.2, 0) is 0 Å². The van der Waals surface area contributed by atoms with Crippen molar-refractivity contribution in [3.05, 3.63) is 42.0 Å². The second-order valence-electron chi connectivity index (χ2n) is 5.44. The summed E-state index contributed by atoms with van der Waals surface area (Å²) in [6.07, 6.45) is 1.24. The molecule has 2 aliphatic rings. The van der Waals surface area contributed by atoms with E-state index in [2.05, 4.69) is 34.5 Å². The minimum Gasteiger partial charge on any atom is -0.365 e. The summed E-state index contributed by atoms with van der Waals surface area (Å²) in [7, 11) is 0. The summed E-state index contributed by atoms with van der Waals surface area (Å²) in [6.45, 7) is 2.17. The van der Waals surface area contributed by atoms with E-state index in [1.807, 2.05) is 18.2 Å². The number of hydrogen-bond acceptors (Lipinski definition) is 3. The first-order valence-electron chi connectivity index (χ1n) is 6.78. The van der Waals surface area contributed by atoms with Gasteiger partial charge < -0.3 is 10.2 Å². The maximum Gasteiger partial charge on any atom is 0.0998 e. The molecular formula is C16H15N3. The zero-order chi connectivity index (χ0) is 12.8. The topological polar surface area (TPSA) is 39.1 Å². The SMILES string of the molecule is N#Cc1ccc(N2C[C@@H]3C[C@H]2CN3)c2ccccc12. The fraction of sp³-hybridized carbons (Fsp3) is 0.312. The fourth-order valence-corrected chi connectivity index (χ4v) is 3.49. The van der Waals surface area contributed by atoms with Crippen molar-refractivity contribution < 1.29 is 0 Å². The van der Waals surface area contributed by atoms with Gasteiger partial charge in [-0.1, -0.05) is 24.3 Å². The molecule has 0 radical (unpaired) electrons. The van der Waals surface area contributed by atoms with Crippen LogP contribution in [0.4, 0.5) is 5.69 Å². The Bertz CT molecular complexity index is 686. The maximum atomic E-state index is 9.22. The fourth-order valence-electron chi connectivity index (χ4n) is 3.49. The minimum atomic E-state index is 0.612. The molecule has 2 saturated heterocycles. The van der Waals surface area contributed by atoms with Crippen molar-refractivity contribution in [1.29, 1.82) is 5.26 Å². The molecule has 0 aromatic heterocycles. The van der Waals surface area contributed by atoms with Crippen LogP contribution in [0.3, 0.4) is 0 Å². The molecule has 94 valence electrons. The van der Waals surface area contributed by atoms with E-state index in [9.17, 15) is 5.26 Å². The first-order valence-corrected chi connectivity index (χ1v) is 6.78. The molecule has 3 nitrogen and oxygen atoms in total. The van der Waals surface area contributed by atoms with Crippen LogP contribution in [0.5, 0.6) is 0 Å². The molecule has 19 heavy (non-hydrogen) atoms. The van der Waals surface area contributed by atoms with Gasteiger partial charge in [-0.05, 0) is 18.6 Å². The summed E-state index contributed by atoms with van der Waals surface area (Å²) >= 11 is 0. The lowest BCUT2D eigenvalue weighted by Gasteiger charge is -2.30. The molecule has 0 spiro atoms. The Kier molecular flexibility index (Phi) is 2.27. The van der Waals surface area contributed by atoms with Crippen molar-refractivity contribution in [2.75, 3.05) is 18.0 Å². The molecule has 2 fully saturated rings. The van der Waals surface area contributed by atoms with Crippen LogP contribution in [0.1, 0.15) is 12.0 Å². The molecule has 0 amide bonds. The smallest absolute Gasteiger partial charge is 0.0998 e. The molecular weight excluding hydrogens is 234 g/mol. The highest BCUT2D eigenvalue weighted by molar-refractivity contribution is 5.98. The molecule has 2 bridgehead atoms. The molecule has 4 rings (SSSR count). The quantitative estimate of drug-likeness (QED) is 0.842. The lowest BCUT2D eigenvalue weighted by atomic mass is 10.0. The number of anilines is 1. The first-order chi connectivity index (χ1) is 9.36. The molecule has 0 saturated carbocycles. The van der Waals surface area contributed by atoms with E-state index in [1.165, 1.54) is 17.5 Å². The van der Waals surface area contributed by atoms with Crippen LogP contribution >= 0.6 is 0 Å². The lowest BCUT2D eigenvalue weighted by molar-refractivity contribution is 0.581. The monoisotopic (exact) mass is 249 g/mol. The molecule has 2 heterocycles. The molecule has 0 unspecified atom stereocenters. The highest BCUT2D eigenvalue weighted by atomic mass is 15.3. The Morgan fingerprint density at radius 1 is 1.16 bits per heavy atom. The normalized spacial score (nSPS) is 24.9. The molecule has 2 aromatic carbocycles. The largest absolute Gasteiger partial charge is 0.365 e. The van der Waals surface area contributed by atoms with Crippen LogP contribution in [0.2, 0.25) is 0 Å². The summed E-state index contributed by atoms with van der Waals surface area (Å²) in [4.78, 5) is 2.50. The predicted molar refractivity (Wildman–Crippen MR) is 76.2 cm³/mol. The van der Waals surface area contributed by atoms with Crippen molar-refractivity contribution in [3.63, 3.8) is 0 Å². The van der Waals surface area contributed by atoms with Gasteiger partial charge in [0, 0.05) is 41.6 Å². The number of benzene rings is 2. The summed E-state index contributed by atoms with van der Waals surface area (Å²) in [6, 6.07) is 15.8. The summed E-state index contributed by atoms with van der Waals surface area (Å²) in [5, 5.41) is 15.0. The summed E-state index contributed by atoms with van der Waals surface area (Å²) in [5.41, 5.74) is 2.05. The number of hydrogen-bond donors (Lipinski definition) is 1. The van der Waals surface area contributed by atoms with Crippen LogP contribution in [0, 0.1) is 11.3 Å². The number of nitrogens with one attached hydrogen (secondary N) is 1. The Morgan fingerprint density at radius 2 is 2.00 bits per heavy atom. The number of nitrogens with zero attached hydrogens (tertiary/aromatic N) is 2. The molecule has 3 heteroatoms. The number of piperazine rings is 1. The third kappa shape index (κ3) is 1.54. The van der Waals surface area contributed by atoms with Gasteiger partial charge in [0.25, 0.3) is 0 Å². The second-order valence-corrected chi connectivity index (χ2v) is 5.44. The van der Waals surface area contributed by atoms with Crippen LogP contribution < -0.4 is 10.2 Å². The first kappa shape index (κ1) is 10.8. The van der Waals surface area contributed by atoms with Gasteiger partial charge in [0.1, 0.15) is 0 Å². The molecule has 2 aromatic rings. The van der Waals surface area contributed by atoms with Gasteiger partial charge >= 0.3 is 0 Å². The zero-order valence-corrected chi connectivity index (χ0v) is 10.6. The Labute approximate surface area is 112 Å². The van der Waals surface area contributed by atoms with Gasteiger partial charge in [-0.25, -0.2) is 0 Å². The van der Waals surface area contributed by atoms with Crippen molar-refractivity contribution in [3.8, 4) is 6.07 Å². The van der Waals surface area contributed by atoms with Crippen LogP contribution in [0.15, 0.2) is 36.4 Å². The Hall–Kier alpha value is -2.05. The van der Waals surface area contributed by atoms with Gasteiger partial charge in [0.05, 0.1) is 11.6 Å². The molecule has 0 aliphatic carbocycles. The number of nitriles is 1. The predicted octanol–water partition coefficient (Wildman–Crippen LogP) is 2.26. The minimum absolute atomic E-state index is 0.612. The van der Waals surface area contributed by atoms with Crippen molar-refractivity contribution in [1.82, 2.24) is 5.32 Å². The summed E-state index contributed by atoms with van der Waals surface area (Å²) < 4.78 is 0. The van der Waals surface area contributed by atoms with E-state index in [1.54, 1.807) is 0 Å². The van der Waals surface area contributed by atoms with Crippen LogP contribution in [-0.4, -0.2) is 25.2 Å². The second kappa shape index (κ2) is 3.97. The number of rotatable bonds is 1. The Balaban J connectivity index is 1.89. The zero-order valence-electron chi connectivity index (χ0n) is 10.6. The lowest BCUT2D eigenvalue weighted by Crippen LogP contribution is -2.43. The van der Waals surface area contributed by atoms with E-state index in [4.69, 9.17) is 0 Å².